The van der Waals surface area contributed by atoms with Crippen molar-refractivity contribution in [3.63, 3.8) is 0 Å². The number of hydrogen-bond donors (Lipinski definition) is 2. The van der Waals surface area contributed by atoms with Gasteiger partial charge in [-0.2, -0.15) is 5.26 Å². The second-order valence-corrected chi connectivity index (χ2v) is 7.31. The highest BCUT2D eigenvalue weighted by Gasteiger charge is 2.33. The maximum absolute atomic E-state index is 12.2. The Kier molecular flexibility index (Phi) is 4.49. The Balaban J connectivity index is 1.60. The minimum atomic E-state index is -0.671. The van der Waals surface area contributed by atoms with E-state index in [0.717, 1.165) is 53.0 Å². The first-order valence-corrected chi connectivity index (χ1v) is 8.75. The van der Waals surface area contributed by atoms with Crippen LogP contribution in [-0.2, 0) is 4.79 Å². The molecule has 6 heteroatoms. The van der Waals surface area contributed by atoms with E-state index in [1.165, 1.54) is 0 Å². The van der Waals surface area contributed by atoms with E-state index in [0.29, 0.717) is 0 Å². The number of nitrogens with zero attached hydrogens (tertiary/aromatic N) is 2. The number of nitriles is 1. The number of anilines is 1. The van der Waals surface area contributed by atoms with Crippen LogP contribution in [-0.4, -0.2) is 23.0 Å². The quantitative estimate of drug-likeness (QED) is 0.902. The summed E-state index contributed by atoms with van der Waals surface area (Å²) in [6.07, 6.45) is 4.65. The van der Waals surface area contributed by atoms with Crippen molar-refractivity contribution in [1.29, 1.82) is 5.26 Å². The number of rotatable bonds is 4. The van der Waals surface area contributed by atoms with Crippen LogP contribution in [0.3, 0.4) is 0 Å². The van der Waals surface area contributed by atoms with Crippen LogP contribution in [0.2, 0.25) is 0 Å². The zero-order valence-electron chi connectivity index (χ0n) is 13.2. The van der Waals surface area contributed by atoms with E-state index in [4.69, 9.17) is 0 Å². The normalized spacial score (nSPS) is 16.7. The first-order valence-electron chi connectivity index (χ1n) is 7.94. The topological polar surface area (TPSA) is 77.8 Å². The molecule has 23 heavy (non-hydrogen) atoms. The molecule has 1 saturated carbocycles. The lowest BCUT2D eigenvalue weighted by atomic mass is 9.83. The van der Waals surface area contributed by atoms with Gasteiger partial charge >= 0.3 is 0 Å². The molecule has 1 aliphatic carbocycles. The van der Waals surface area contributed by atoms with Crippen LogP contribution in [0.25, 0.3) is 10.2 Å². The molecule has 3 rings (SSSR count). The Labute approximate surface area is 139 Å². The third kappa shape index (κ3) is 3.62. The molecule has 1 heterocycles. The molecule has 5 nitrogen and oxygen atoms in total. The van der Waals surface area contributed by atoms with Gasteiger partial charge in [0, 0.05) is 5.69 Å². The number of hydrogen-bond acceptors (Lipinski definition) is 5. The van der Waals surface area contributed by atoms with Gasteiger partial charge in [0.15, 0.2) is 0 Å². The molecule has 1 fully saturated rings. The van der Waals surface area contributed by atoms with Crippen molar-refractivity contribution in [3.05, 3.63) is 23.2 Å². The van der Waals surface area contributed by atoms with Crippen LogP contribution in [0.5, 0.6) is 0 Å². The lowest BCUT2D eigenvalue weighted by molar-refractivity contribution is -0.121. The second kappa shape index (κ2) is 6.55. The third-order valence-corrected chi connectivity index (χ3v) is 5.18. The Morgan fingerprint density at radius 3 is 2.91 bits per heavy atom. The van der Waals surface area contributed by atoms with Gasteiger partial charge in [0.2, 0.25) is 5.91 Å². The summed E-state index contributed by atoms with van der Waals surface area (Å²) in [5.74, 6) is -0.131. The second-order valence-electron chi connectivity index (χ2n) is 6.07. The van der Waals surface area contributed by atoms with Crippen molar-refractivity contribution in [2.24, 2.45) is 0 Å². The van der Waals surface area contributed by atoms with Crippen LogP contribution in [0.15, 0.2) is 18.2 Å². The van der Waals surface area contributed by atoms with Gasteiger partial charge in [0.05, 0.1) is 27.8 Å². The van der Waals surface area contributed by atoms with Crippen LogP contribution in [0.4, 0.5) is 5.69 Å². The summed E-state index contributed by atoms with van der Waals surface area (Å²) in [5, 5.41) is 16.5. The summed E-state index contributed by atoms with van der Waals surface area (Å²) in [6, 6.07) is 8.20. The van der Waals surface area contributed by atoms with Gasteiger partial charge in [-0.1, -0.05) is 19.3 Å². The van der Waals surface area contributed by atoms with Crippen LogP contribution < -0.4 is 10.6 Å². The first-order chi connectivity index (χ1) is 11.1. The zero-order valence-corrected chi connectivity index (χ0v) is 14.0. The van der Waals surface area contributed by atoms with Crippen LogP contribution >= 0.6 is 11.3 Å². The van der Waals surface area contributed by atoms with E-state index in [2.05, 4.69) is 21.7 Å². The minimum Gasteiger partial charge on any atom is -0.376 e. The fourth-order valence-electron chi connectivity index (χ4n) is 3.06. The molecule has 1 aromatic carbocycles. The van der Waals surface area contributed by atoms with Crippen molar-refractivity contribution in [2.75, 3.05) is 11.9 Å². The molecule has 0 saturated heterocycles. The summed E-state index contributed by atoms with van der Waals surface area (Å²) in [4.78, 5) is 16.6. The maximum Gasteiger partial charge on any atom is 0.240 e. The minimum absolute atomic E-state index is 0.131. The molecule has 120 valence electrons. The van der Waals surface area contributed by atoms with Crippen molar-refractivity contribution < 1.29 is 4.79 Å². The predicted octanol–water partition coefficient (Wildman–Crippen LogP) is 3.36. The molecular weight excluding hydrogens is 308 g/mol. The summed E-state index contributed by atoms with van der Waals surface area (Å²) in [7, 11) is 0. The monoisotopic (exact) mass is 328 g/mol. The smallest absolute Gasteiger partial charge is 0.240 e. The molecule has 1 amide bonds. The molecule has 0 aliphatic heterocycles. The summed E-state index contributed by atoms with van der Waals surface area (Å²) < 4.78 is 1.11. The van der Waals surface area contributed by atoms with Crippen molar-refractivity contribution >= 4 is 33.1 Å². The number of carbonyl (C=O) groups is 1. The van der Waals surface area contributed by atoms with Gasteiger partial charge in [0.25, 0.3) is 0 Å². The van der Waals surface area contributed by atoms with E-state index in [-0.39, 0.29) is 12.5 Å². The first kappa shape index (κ1) is 15.8. The standard InChI is InChI=1S/C17H20N4OS/c1-12-20-14-6-5-13(9-15(14)23-12)19-10-16(22)21-17(11-18)7-3-2-4-8-17/h5-6,9,19H,2-4,7-8,10H2,1H3,(H,21,22). The average Bonchev–Trinajstić information content (AvgIpc) is 2.93. The molecule has 2 N–H and O–H groups in total. The number of carbonyl (C=O) groups excluding carboxylic acids is 1. The largest absolute Gasteiger partial charge is 0.376 e. The fraction of sp³-hybridized carbons (Fsp3) is 0.471. The van der Waals surface area contributed by atoms with E-state index in [1.54, 1.807) is 11.3 Å². The van der Waals surface area contributed by atoms with Crippen molar-refractivity contribution in [2.45, 2.75) is 44.6 Å². The van der Waals surface area contributed by atoms with Gasteiger partial charge in [-0.3, -0.25) is 4.79 Å². The molecule has 1 aliphatic rings. The van der Waals surface area contributed by atoms with Crippen LogP contribution in [0.1, 0.15) is 37.1 Å². The highest BCUT2D eigenvalue weighted by atomic mass is 32.1. The average molecular weight is 328 g/mol. The summed E-state index contributed by atoms with van der Waals surface area (Å²) in [6.45, 7) is 2.16. The Hall–Kier alpha value is -2.13. The molecule has 1 aromatic heterocycles. The molecule has 0 bridgehead atoms. The maximum atomic E-state index is 12.2. The Morgan fingerprint density at radius 1 is 1.39 bits per heavy atom. The number of amides is 1. The molecule has 0 unspecified atom stereocenters. The highest BCUT2D eigenvalue weighted by Crippen LogP contribution is 2.27. The van der Waals surface area contributed by atoms with E-state index >= 15 is 0 Å². The third-order valence-electron chi connectivity index (χ3n) is 4.25. The lowest BCUT2D eigenvalue weighted by Crippen LogP contribution is -2.50. The number of aryl methyl sites for hydroxylation is 1. The number of aromatic nitrogens is 1. The van der Waals surface area contributed by atoms with E-state index < -0.39 is 5.54 Å². The molecule has 0 atom stereocenters. The molecular formula is C17H20N4OS. The van der Waals surface area contributed by atoms with Gasteiger partial charge in [-0.25, -0.2) is 4.98 Å². The molecule has 0 spiro atoms. The number of nitrogens with one attached hydrogen (secondary N) is 2. The van der Waals surface area contributed by atoms with Gasteiger partial charge in [-0.05, 0) is 38.0 Å². The van der Waals surface area contributed by atoms with Gasteiger partial charge < -0.3 is 10.6 Å². The van der Waals surface area contributed by atoms with Gasteiger partial charge in [-0.15, -0.1) is 11.3 Å². The van der Waals surface area contributed by atoms with Crippen molar-refractivity contribution in [3.8, 4) is 6.07 Å². The Morgan fingerprint density at radius 2 is 2.17 bits per heavy atom. The van der Waals surface area contributed by atoms with E-state index in [1.807, 2.05) is 25.1 Å². The van der Waals surface area contributed by atoms with Crippen LogP contribution in [0, 0.1) is 18.3 Å². The van der Waals surface area contributed by atoms with E-state index in [9.17, 15) is 10.1 Å². The van der Waals surface area contributed by atoms with Gasteiger partial charge in [0.1, 0.15) is 5.54 Å². The summed E-state index contributed by atoms with van der Waals surface area (Å²) in [5.41, 5.74) is 1.20. The molecule has 0 radical (unpaired) electrons. The number of benzene rings is 1. The fourth-order valence-corrected chi connectivity index (χ4v) is 3.93. The number of fused-ring (bicyclic) bond motifs is 1. The Bertz CT molecular complexity index is 756. The highest BCUT2D eigenvalue weighted by molar-refractivity contribution is 7.18. The SMILES string of the molecule is Cc1nc2ccc(NCC(=O)NC3(C#N)CCCCC3)cc2s1. The zero-order chi connectivity index (χ0) is 16.3. The lowest BCUT2D eigenvalue weighted by Gasteiger charge is -2.31. The predicted molar refractivity (Wildman–Crippen MR) is 92.4 cm³/mol. The number of thiazole rings is 1. The molecule has 2 aromatic rings. The summed E-state index contributed by atoms with van der Waals surface area (Å²) >= 11 is 1.64. The van der Waals surface area contributed by atoms with Crippen molar-refractivity contribution in [1.82, 2.24) is 10.3 Å².